The highest BCUT2D eigenvalue weighted by Crippen LogP contribution is 2.32. The van der Waals surface area contributed by atoms with E-state index in [0.29, 0.717) is 19.3 Å². The molecule has 4 fully saturated rings. The molecule has 39 heavy (non-hydrogen) atoms. The fraction of sp³-hybridized carbons (Fsp3) is 0.800. The van der Waals surface area contributed by atoms with Gasteiger partial charge in [0.15, 0.2) is 6.10 Å². The molecule has 4 heterocycles. The molecule has 0 N–H and O–H groups in total. The molecule has 218 valence electrons. The molecule has 0 radical (unpaired) electrons. The van der Waals surface area contributed by atoms with Gasteiger partial charge in [-0.25, -0.2) is 19.2 Å². The van der Waals surface area contributed by atoms with Gasteiger partial charge >= 0.3 is 30.6 Å². The zero-order valence-corrected chi connectivity index (χ0v) is 21.7. The summed E-state index contributed by atoms with van der Waals surface area (Å²) in [5, 5.41) is 0. The van der Waals surface area contributed by atoms with Crippen LogP contribution in [0.1, 0.15) is 71.1 Å². The van der Waals surface area contributed by atoms with E-state index in [0.717, 1.165) is 25.7 Å². The first-order valence-corrected chi connectivity index (χ1v) is 13.4. The fourth-order valence-electron chi connectivity index (χ4n) is 5.00. The van der Waals surface area contributed by atoms with Crippen molar-refractivity contribution >= 4 is 30.6 Å². The third kappa shape index (κ3) is 8.27. The average molecular weight is 559 g/mol. The predicted molar refractivity (Wildman–Crippen MR) is 124 cm³/mol. The van der Waals surface area contributed by atoms with Crippen molar-refractivity contribution in [2.45, 2.75) is 114 Å². The van der Waals surface area contributed by atoms with Crippen LogP contribution in [0.2, 0.25) is 0 Å². The minimum Gasteiger partial charge on any atom is -0.455 e. The molecular weight excluding hydrogens is 524 g/mol. The summed E-state index contributed by atoms with van der Waals surface area (Å²) >= 11 is 0. The minimum absolute atomic E-state index is 0.00209. The first-order chi connectivity index (χ1) is 18.8. The molecule has 0 amide bonds. The minimum atomic E-state index is -0.829. The molecule has 0 bridgehead atoms. The van der Waals surface area contributed by atoms with E-state index in [1.165, 1.54) is 0 Å². The molecule has 0 aliphatic carbocycles. The van der Waals surface area contributed by atoms with E-state index in [1.54, 1.807) is 0 Å². The van der Waals surface area contributed by atoms with Gasteiger partial charge in [0.1, 0.15) is 49.8 Å². The average Bonchev–Trinajstić information content (AvgIpc) is 3.55. The normalized spacial score (nSPS) is 30.3. The van der Waals surface area contributed by atoms with E-state index in [4.69, 9.17) is 33.2 Å². The third-order valence-corrected chi connectivity index (χ3v) is 7.00. The Morgan fingerprint density at radius 3 is 1.69 bits per heavy atom. The Kier molecular flexibility index (Phi) is 9.93. The molecule has 0 spiro atoms. The zero-order valence-electron chi connectivity index (χ0n) is 21.7. The number of ether oxygens (including phenoxy) is 9. The second-order valence-electron chi connectivity index (χ2n) is 9.86. The summed E-state index contributed by atoms with van der Waals surface area (Å²) in [6.45, 7) is 1.86. The van der Waals surface area contributed by atoms with Crippen LogP contribution in [-0.2, 0) is 47.4 Å². The smallest absolute Gasteiger partial charge is 0.455 e. The number of carbonyl (C=O) groups is 5. The van der Waals surface area contributed by atoms with Gasteiger partial charge in [-0.2, -0.15) is 0 Å². The van der Waals surface area contributed by atoms with Crippen molar-refractivity contribution in [1.82, 2.24) is 0 Å². The SMILES string of the molecule is CCC1OC(=O)OC1CC1OC(=O)OC1CC1OC(=O)OC1CCCCCCCC(=O)OC1COC(=O)OC1. The summed E-state index contributed by atoms with van der Waals surface area (Å²) in [6.07, 6.45) is -1.40. The molecule has 6 unspecified atom stereocenters. The number of rotatable bonds is 14. The third-order valence-electron chi connectivity index (χ3n) is 7.00. The second-order valence-corrected chi connectivity index (χ2v) is 9.86. The Morgan fingerprint density at radius 2 is 1.10 bits per heavy atom. The van der Waals surface area contributed by atoms with Crippen molar-refractivity contribution in [3.63, 3.8) is 0 Å². The lowest BCUT2D eigenvalue weighted by Gasteiger charge is -2.22. The van der Waals surface area contributed by atoms with Crippen LogP contribution >= 0.6 is 0 Å². The van der Waals surface area contributed by atoms with Crippen LogP contribution in [0, 0.1) is 0 Å². The molecule has 4 rings (SSSR count). The lowest BCUT2D eigenvalue weighted by atomic mass is 9.95. The lowest BCUT2D eigenvalue weighted by Crippen LogP contribution is -2.36. The molecule has 4 aliphatic heterocycles. The maximum Gasteiger partial charge on any atom is 0.509 e. The molecule has 6 atom stereocenters. The molecular formula is C25H34O14. The number of cyclic esters (lactones) is 8. The first-order valence-electron chi connectivity index (χ1n) is 13.4. The van der Waals surface area contributed by atoms with Gasteiger partial charge in [-0.3, -0.25) is 4.79 Å². The van der Waals surface area contributed by atoms with Crippen LogP contribution in [0.4, 0.5) is 19.2 Å². The van der Waals surface area contributed by atoms with Gasteiger partial charge < -0.3 is 42.6 Å². The van der Waals surface area contributed by atoms with Crippen LogP contribution in [0.5, 0.6) is 0 Å². The quantitative estimate of drug-likeness (QED) is 0.172. The maximum absolute atomic E-state index is 11.9. The van der Waals surface area contributed by atoms with Crippen LogP contribution in [-0.4, -0.2) is 86.5 Å². The van der Waals surface area contributed by atoms with Crippen LogP contribution < -0.4 is 0 Å². The van der Waals surface area contributed by atoms with Crippen LogP contribution in [0.15, 0.2) is 0 Å². The van der Waals surface area contributed by atoms with Gasteiger partial charge in [0.05, 0.1) is 0 Å². The van der Waals surface area contributed by atoms with Crippen LogP contribution in [0.25, 0.3) is 0 Å². The predicted octanol–water partition coefficient (Wildman–Crippen LogP) is 3.70. The van der Waals surface area contributed by atoms with Crippen molar-refractivity contribution in [1.29, 1.82) is 0 Å². The van der Waals surface area contributed by atoms with Crippen molar-refractivity contribution in [2.24, 2.45) is 0 Å². The molecule has 14 heteroatoms. The zero-order chi connectivity index (χ0) is 27.8. The lowest BCUT2D eigenvalue weighted by molar-refractivity contribution is -0.158. The number of unbranched alkanes of at least 4 members (excludes halogenated alkanes) is 4. The summed E-state index contributed by atoms with van der Waals surface area (Å²) in [4.78, 5) is 57.9. The molecule has 0 saturated carbocycles. The van der Waals surface area contributed by atoms with Gasteiger partial charge in [0.25, 0.3) is 0 Å². The number of carbonyl (C=O) groups excluding carboxylic acids is 5. The Morgan fingerprint density at radius 1 is 0.641 bits per heavy atom. The number of hydrogen-bond donors (Lipinski definition) is 0. The molecule has 0 aromatic carbocycles. The van der Waals surface area contributed by atoms with Gasteiger partial charge in [0, 0.05) is 19.3 Å². The first kappa shape index (κ1) is 28.6. The molecule has 0 aromatic rings. The summed E-state index contributed by atoms with van der Waals surface area (Å²) in [6, 6.07) is 0. The van der Waals surface area contributed by atoms with Crippen molar-refractivity contribution < 1.29 is 66.6 Å². The van der Waals surface area contributed by atoms with E-state index < -0.39 is 67.3 Å². The summed E-state index contributed by atoms with van der Waals surface area (Å²) in [5.41, 5.74) is 0. The number of hydrogen-bond acceptors (Lipinski definition) is 14. The molecule has 14 nitrogen and oxygen atoms in total. The highest BCUT2D eigenvalue weighted by atomic mass is 16.8. The summed E-state index contributed by atoms with van der Waals surface area (Å²) in [7, 11) is 0. The number of esters is 1. The van der Waals surface area contributed by atoms with Crippen molar-refractivity contribution in [2.75, 3.05) is 13.2 Å². The Bertz CT molecular complexity index is 895. The monoisotopic (exact) mass is 558 g/mol. The maximum atomic E-state index is 11.9. The highest BCUT2D eigenvalue weighted by molar-refractivity contribution is 5.69. The molecule has 0 aromatic heterocycles. The van der Waals surface area contributed by atoms with E-state index in [1.807, 2.05) is 6.92 Å². The summed E-state index contributed by atoms with van der Waals surface area (Å²) in [5.74, 6) is -0.363. The Labute approximate surface area is 224 Å². The van der Waals surface area contributed by atoms with E-state index in [-0.39, 0.29) is 38.4 Å². The highest BCUT2D eigenvalue weighted by Gasteiger charge is 2.47. The molecule has 4 aliphatic rings. The van der Waals surface area contributed by atoms with Crippen molar-refractivity contribution in [3.05, 3.63) is 0 Å². The Hall–Kier alpha value is -3.45. The standard InChI is InChI=1S/C25H34O14/c1-2-15-17(36-23(28)34-15)10-19-20(39-25(30)38-19)11-18-16(35-24(29)37-18)8-6-4-3-5-7-9-21(26)33-14-12-31-22(27)32-13-14/h14-20H,2-13H2,1H3. The topological polar surface area (TPSA) is 168 Å². The summed E-state index contributed by atoms with van der Waals surface area (Å²) < 4.78 is 46.1. The van der Waals surface area contributed by atoms with E-state index in [9.17, 15) is 24.0 Å². The Balaban J connectivity index is 1.12. The van der Waals surface area contributed by atoms with Gasteiger partial charge in [-0.1, -0.05) is 26.2 Å². The van der Waals surface area contributed by atoms with E-state index in [2.05, 4.69) is 9.47 Å². The van der Waals surface area contributed by atoms with Crippen molar-refractivity contribution in [3.8, 4) is 0 Å². The largest absolute Gasteiger partial charge is 0.509 e. The molecule has 4 saturated heterocycles. The fourth-order valence-corrected chi connectivity index (χ4v) is 5.00. The van der Waals surface area contributed by atoms with E-state index >= 15 is 0 Å². The van der Waals surface area contributed by atoms with Gasteiger partial charge in [-0.05, 0) is 25.7 Å². The van der Waals surface area contributed by atoms with Crippen LogP contribution in [0.3, 0.4) is 0 Å². The van der Waals surface area contributed by atoms with Gasteiger partial charge in [-0.15, -0.1) is 0 Å². The van der Waals surface area contributed by atoms with Gasteiger partial charge in [0.2, 0.25) is 0 Å². The second kappa shape index (κ2) is 13.6.